The largest absolute Gasteiger partial charge is 0.455 e. The fraction of sp³-hybridized carbons (Fsp3) is 0.0862. The van der Waals surface area contributed by atoms with E-state index in [-0.39, 0.29) is 5.92 Å². The standard InChI is InChI=1S/C58H46N2O/c1-6-17-44(18-7-2)59-52-33-28-43(41-23-13-10-14-24-41)37-50(52)56-54(59)35-31-48-47-30-34-53-55(57(47)61-58(48)56)49-29-26-42(40-21-11-9-12-22-40)27-32-51(49)60(53)45(19-8-3)36-39(5)46-25-16-15-20-38(46)4/h6-25,27-38,46H,1,5H2,2-4H3/b18-7-,19-8-,44-17+,45-36+/t38?,46-/m1/s1. The van der Waals surface area contributed by atoms with Crippen molar-refractivity contribution in [1.82, 2.24) is 9.13 Å². The number of fused-ring (bicyclic) bond motifs is 11. The zero-order valence-corrected chi connectivity index (χ0v) is 34.8. The number of nitrogens with zero attached hydrogens (tertiary/aromatic N) is 2. The van der Waals surface area contributed by atoms with Crippen molar-refractivity contribution < 1.29 is 4.42 Å². The second kappa shape index (κ2) is 15.5. The number of furan rings is 1. The predicted molar refractivity (Wildman–Crippen MR) is 263 cm³/mol. The molecule has 3 aromatic heterocycles. The molecule has 3 heteroatoms. The summed E-state index contributed by atoms with van der Waals surface area (Å²) in [6.07, 6.45) is 30.0. The Labute approximate surface area is 356 Å². The molecular weight excluding hydrogens is 741 g/mol. The number of hydrogen-bond donors (Lipinski definition) is 0. The average molecular weight is 787 g/mol. The third-order valence-corrected chi connectivity index (χ3v) is 12.2. The first-order valence-corrected chi connectivity index (χ1v) is 21.1. The highest BCUT2D eigenvalue weighted by atomic mass is 16.3. The summed E-state index contributed by atoms with van der Waals surface area (Å²) in [4.78, 5) is 0. The first kappa shape index (κ1) is 37.7. The molecule has 0 aliphatic heterocycles. The van der Waals surface area contributed by atoms with Crippen LogP contribution in [0.2, 0.25) is 0 Å². The summed E-state index contributed by atoms with van der Waals surface area (Å²) in [5.74, 6) is 0.554. The Balaban J connectivity index is 1.30. The van der Waals surface area contributed by atoms with E-state index in [0.29, 0.717) is 5.92 Å². The van der Waals surface area contributed by atoms with Crippen molar-refractivity contribution >= 4 is 83.8 Å². The van der Waals surface area contributed by atoms with Gasteiger partial charge in [0.15, 0.2) is 0 Å². The highest BCUT2D eigenvalue weighted by molar-refractivity contribution is 6.27. The Morgan fingerprint density at radius 2 is 1.33 bits per heavy atom. The Bertz CT molecular complexity index is 3390. The summed E-state index contributed by atoms with van der Waals surface area (Å²) in [5, 5.41) is 5.41. The van der Waals surface area contributed by atoms with Crippen LogP contribution in [-0.2, 0) is 0 Å². The van der Waals surface area contributed by atoms with E-state index in [0.717, 1.165) is 99.6 Å². The Morgan fingerprint density at radius 1 is 0.672 bits per heavy atom. The Morgan fingerprint density at radius 3 is 2.03 bits per heavy atom. The van der Waals surface area contributed by atoms with Crippen LogP contribution in [0.1, 0.15) is 37.6 Å². The third-order valence-electron chi connectivity index (χ3n) is 12.2. The van der Waals surface area contributed by atoms with E-state index in [2.05, 4.69) is 231 Å². The molecule has 0 N–H and O–H groups in total. The highest BCUT2D eigenvalue weighted by Crippen LogP contribution is 2.46. The molecule has 61 heavy (non-hydrogen) atoms. The van der Waals surface area contributed by atoms with E-state index in [4.69, 9.17) is 4.42 Å². The van der Waals surface area contributed by atoms with Crippen molar-refractivity contribution in [1.29, 1.82) is 0 Å². The van der Waals surface area contributed by atoms with Crippen molar-refractivity contribution in [2.45, 2.75) is 20.8 Å². The predicted octanol–water partition coefficient (Wildman–Crippen LogP) is 16.0. The van der Waals surface area contributed by atoms with Crippen LogP contribution in [0.5, 0.6) is 0 Å². The lowest BCUT2D eigenvalue weighted by Gasteiger charge is -2.22. The quantitative estimate of drug-likeness (QED) is 0.106. The molecule has 294 valence electrons. The molecule has 2 aliphatic carbocycles. The number of allylic oxidation sites excluding steroid dienone is 16. The summed E-state index contributed by atoms with van der Waals surface area (Å²) in [6, 6.07) is 36.8. The maximum atomic E-state index is 7.37. The molecule has 2 atom stereocenters. The molecule has 0 radical (unpaired) electrons. The zero-order valence-electron chi connectivity index (χ0n) is 34.8. The second-order valence-corrected chi connectivity index (χ2v) is 15.9. The van der Waals surface area contributed by atoms with Crippen LogP contribution < -0.4 is 0 Å². The average Bonchev–Trinajstić information content (AvgIpc) is 3.88. The molecule has 1 unspecified atom stereocenters. The van der Waals surface area contributed by atoms with E-state index < -0.39 is 0 Å². The van der Waals surface area contributed by atoms with Gasteiger partial charge in [0.05, 0.1) is 33.0 Å². The molecule has 0 fully saturated rings. The normalized spacial score (nSPS) is 16.9. The maximum Gasteiger partial charge on any atom is 0.145 e. The minimum Gasteiger partial charge on any atom is -0.455 e. The molecule has 10 rings (SSSR count). The minimum absolute atomic E-state index is 0.205. The molecule has 0 amide bonds. The first-order valence-electron chi connectivity index (χ1n) is 21.1. The van der Waals surface area contributed by atoms with Crippen LogP contribution in [0.4, 0.5) is 0 Å². The molecule has 0 saturated heterocycles. The summed E-state index contributed by atoms with van der Waals surface area (Å²) < 4.78 is 12.1. The molecule has 3 nitrogen and oxygen atoms in total. The minimum atomic E-state index is 0.205. The molecule has 8 aromatic rings. The van der Waals surface area contributed by atoms with Gasteiger partial charge in [0.25, 0.3) is 0 Å². The lowest BCUT2D eigenvalue weighted by atomic mass is 9.84. The van der Waals surface area contributed by atoms with Gasteiger partial charge in [0, 0.05) is 44.6 Å². The van der Waals surface area contributed by atoms with Crippen LogP contribution in [-0.4, -0.2) is 9.13 Å². The smallest absolute Gasteiger partial charge is 0.145 e. The van der Waals surface area contributed by atoms with Crippen molar-refractivity contribution in [2.75, 3.05) is 0 Å². The van der Waals surface area contributed by atoms with E-state index in [1.807, 2.05) is 6.08 Å². The lowest BCUT2D eigenvalue weighted by molar-refractivity contribution is 0.588. The summed E-state index contributed by atoms with van der Waals surface area (Å²) in [6.45, 7) is 15.1. The van der Waals surface area contributed by atoms with Crippen molar-refractivity contribution in [3.05, 3.63) is 217 Å². The molecule has 0 spiro atoms. The molecule has 0 bridgehead atoms. The van der Waals surface area contributed by atoms with Crippen molar-refractivity contribution in [3.8, 4) is 11.1 Å². The van der Waals surface area contributed by atoms with Gasteiger partial charge in [-0.15, -0.1) is 5.73 Å². The van der Waals surface area contributed by atoms with E-state index in [9.17, 15) is 0 Å². The van der Waals surface area contributed by atoms with Gasteiger partial charge in [-0.1, -0.05) is 129 Å². The van der Waals surface area contributed by atoms with Crippen LogP contribution in [0.3, 0.4) is 0 Å². The van der Waals surface area contributed by atoms with Crippen LogP contribution in [0.25, 0.3) is 94.9 Å². The van der Waals surface area contributed by atoms with Crippen LogP contribution in [0, 0.1) is 11.8 Å². The molecule has 5 aromatic carbocycles. The van der Waals surface area contributed by atoms with Crippen molar-refractivity contribution in [2.24, 2.45) is 11.8 Å². The topological polar surface area (TPSA) is 23.0 Å². The number of benzene rings is 5. The van der Waals surface area contributed by atoms with Crippen molar-refractivity contribution in [3.63, 3.8) is 0 Å². The number of aromatic nitrogens is 2. The molecule has 2 aliphatic rings. The lowest BCUT2D eigenvalue weighted by Crippen LogP contribution is -2.11. The summed E-state index contributed by atoms with van der Waals surface area (Å²) in [7, 11) is 0. The fourth-order valence-electron chi connectivity index (χ4n) is 9.37. The number of hydrogen-bond acceptors (Lipinski definition) is 1. The first-order chi connectivity index (χ1) is 30.0. The van der Waals surface area contributed by atoms with Gasteiger partial charge in [0.1, 0.15) is 11.2 Å². The molecule has 3 heterocycles. The highest BCUT2D eigenvalue weighted by Gasteiger charge is 2.26. The summed E-state index contributed by atoms with van der Waals surface area (Å²) >= 11 is 0. The van der Waals surface area contributed by atoms with Gasteiger partial charge >= 0.3 is 0 Å². The summed E-state index contributed by atoms with van der Waals surface area (Å²) in [5.41, 5.74) is 18.4. The van der Waals surface area contributed by atoms with Gasteiger partial charge in [-0.25, -0.2) is 0 Å². The van der Waals surface area contributed by atoms with Gasteiger partial charge in [0.2, 0.25) is 0 Å². The van der Waals surface area contributed by atoms with Gasteiger partial charge < -0.3 is 13.6 Å². The van der Waals surface area contributed by atoms with E-state index in [1.165, 1.54) is 5.56 Å². The maximum absolute atomic E-state index is 7.37. The Kier molecular flexibility index (Phi) is 9.60. The zero-order chi connectivity index (χ0) is 41.6. The monoisotopic (exact) mass is 786 g/mol. The fourth-order valence-corrected chi connectivity index (χ4v) is 9.37. The molecular formula is C58H46N2O. The number of rotatable bonds is 9. The molecule has 0 saturated carbocycles. The SMILES string of the molecule is C=C/C=C(\C=C/C)n1c2ccc(-c3ccccc3)cc2c2c3oc4c(ccc5c4c4c(n5C(/C=C\C)=C/C(=C)[C@@H]5C=CC=CC5C)C=CC(c5ccccc5)=C=C4)c3ccc21. The second-order valence-electron chi connectivity index (χ2n) is 15.9. The van der Waals surface area contributed by atoms with Crippen LogP contribution >= 0.6 is 0 Å². The van der Waals surface area contributed by atoms with Gasteiger partial charge in [-0.3, -0.25) is 0 Å². The Hall–Kier alpha value is -7.58. The van der Waals surface area contributed by atoms with E-state index in [1.54, 1.807) is 0 Å². The van der Waals surface area contributed by atoms with E-state index >= 15 is 0 Å². The van der Waals surface area contributed by atoms with Gasteiger partial charge in [-0.05, 0) is 121 Å². The van der Waals surface area contributed by atoms with Gasteiger partial charge in [-0.2, -0.15) is 0 Å². The third kappa shape index (κ3) is 6.30. The van der Waals surface area contributed by atoms with Crippen LogP contribution in [0.15, 0.2) is 205 Å².